The number of thioether (sulfide) groups is 1. The van der Waals surface area contributed by atoms with Crippen molar-refractivity contribution in [2.24, 2.45) is 0 Å². The topological polar surface area (TPSA) is 55.4 Å². The van der Waals surface area contributed by atoms with Crippen molar-refractivity contribution in [2.75, 3.05) is 23.9 Å². The van der Waals surface area contributed by atoms with Crippen molar-refractivity contribution in [1.82, 2.24) is 0 Å². The predicted molar refractivity (Wildman–Crippen MR) is 74.0 cm³/mol. The highest BCUT2D eigenvalue weighted by molar-refractivity contribution is 7.99. The van der Waals surface area contributed by atoms with Gasteiger partial charge in [-0.25, -0.2) is 0 Å². The molecule has 0 aromatic heterocycles. The van der Waals surface area contributed by atoms with E-state index < -0.39 is 0 Å². The molecule has 18 heavy (non-hydrogen) atoms. The molecule has 0 bridgehead atoms. The number of esters is 1. The summed E-state index contributed by atoms with van der Waals surface area (Å²) in [6.07, 6.45) is 0.326. The quantitative estimate of drug-likeness (QED) is 0.645. The first-order chi connectivity index (χ1) is 8.63. The first-order valence-corrected chi connectivity index (χ1v) is 6.85. The number of carbonyl (C=O) groups is 2. The van der Waals surface area contributed by atoms with E-state index in [1.54, 1.807) is 24.3 Å². The van der Waals surface area contributed by atoms with Crippen LogP contribution in [0.1, 0.15) is 6.42 Å². The van der Waals surface area contributed by atoms with Crippen molar-refractivity contribution in [2.45, 2.75) is 6.42 Å². The van der Waals surface area contributed by atoms with Crippen LogP contribution in [0.15, 0.2) is 24.3 Å². The molecule has 0 unspecified atom stereocenters. The summed E-state index contributed by atoms with van der Waals surface area (Å²) in [5.41, 5.74) is 0.599. The van der Waals surface area contributed by atoms with Gasteiger partial charge in [0.05, 0.1) is 23.6 Å². The Labute approximate surface area is 115 Å². The van der Waals surface area contributed by atoms with Crippen LogP contribution in [0.25, 0.3) is 0 Å². The zero-order valence-corrected chi connectivity index (χ0v) is 11.5. The molecule has 6 heteroatoms. The van der Waals surface area contributed by atoms with E-state index >= 15 is 0 Å². The number of amides is 1. The zero-order chi connectivity index (χ0) is 13.4. The number of halogens is 1. The molecule has 1 rings (SSSR count). The third-order valence-corrected chi connectivity index (χ3v) is 3.33. The summed E-state index contributed by atoms with van der Waals surface area (Å²) in [4.78, 5) is 22.4. The molecule has 0 heterocycles. The summed E-state index contributed by atoms with van der Waals surface area (Å²) in [7, 11) is 1.34. The van der Waals surface area contributed by atoms with E-state index in [4.69, 9.17) is 11.6 Å². The number of para-hydroxylation sites is 1. The maximum Gasteiger partial charge on any atom is 0.315 e. The highest BCUT2D eigenvalue weighted by Gasteiger charge is 2.06. The van der Waals surface area contributed by atoms with Gasteiger partial charge in [-0.2, -0.15) is 0 Å². The summed E-state index contributed by atoms with van der Waals surface area (Å²) in [6, 6.07) is 7.04. The number of rotatable bonds is 6. The Hall–Kier alpha value is -1.20. The van der Waals surface area contributed by atoms with E-state index in [9.17, 15) is 9.59 Å². The minimum atomic E-state index is -0.286. The first kappa shape index (κ1) is 14.9. The van der Waals surface area contributed by atoms with Crippen LogP contribution in [0.2, 0.25) is 5.02 Å². The Morgan fingerprint density at radius 1 is 1.39 bits per heavy atom. The number of anilines is 1. The molecule has 1 N–H and O–H groups in total. The van der Waals surface area contributed by atoms with Crippen LogP contribution < -0.4 is 5.32 Å². The number of hydrogen-bond acceptors (Lipinski definition) is 4. The molecule has 1 aromatic rings. The molecule has 0 spiro atoms. The molecule has 0 fully saturated rings. The summed E-state index contributed by atoms with van der Waals surface area (Å²) in [5, 5.41) is 3.22. The normalized spacial score (nSPS) is 9.89. The van der Waals surface area contributed by atoms with Crippen molar-refractivity contribution in [3.63, 3.8) is 0 Å². The van der Waals surface area contributed by atoms with E-state index in [1.807, 2.05) is 0 Å². The molecule has 4 nitrogen and oxygen atoms in total. The molecule has 0 radical (unpaired) electrons. The Bertz CT molecular complexity index is 426. The lowest BCUT2D eigenvalue weighted by atomic mass is 10.3. The van der Waals surface area contributed by atoms with Gasteiger partial charge in [-0.05, 0) is 12.1 Å². The fourth-order valence-corrected chi connectivity index (χ4v) is 2.10. The van der Waals surface area contributed by atoms with Crippen LogP contribution in [-0.2, 0) is 14.3 Å². The van der Waals surface area contributed by atoms with Crippen molar-refractivity contribution in [3.8, 4) is 0 Å². The number of carbonyl (C=O) groups excluding carboxylic acids is 2. The van der Waals surface area contributed by atoms with Gasteiger partial charge in [0.2, 0.25) is 5.91 Å². The van der Waals surface area contributed by atoms with Crippen LogP contribution in [-0.4, -0.2) is 30.5 Å². The second kappa shape index (κ2) is 8.00. The highest BCUT2D eigenvalue weighted by atomic mass is 35.5. The first-order valence-electron chi connectivity index (χ1n) is 5.32. The fraction of sp³-hybridized carbons (Fsp3) is 0.333. The van der Waals surface area contributed by atoms with E-state index in [2.05, 4.69) is 10.1 Å². The Morgan fingerprint density at radius 2 is 2.11 bits per heavy atom. The lowest BCUT2D eigenvalue weighted by Crippen LogP contribution is -2.13. The maximum absolute atomic E-state index is 11.6. The van der Waals surface area contributed by atoms with E-state index in [1.165, 1.54) is 18.9 Å². The molecular weight excluding hydrogens is 274 g/mol. The van der Waals surface area contributed by atoms with Crippen LogP contribution in [0, 0.1) is 0 Å². The minimum absolute atomic E-state index is 0.125. The van der Waals surface area contributed by atoms with Gasteiger partial charge in [0.1, 0.15) is 0 Å². The van der Waals surface area contributed by atoms with E-state index in [0.29, 0.717) is 22.9 Å². The monoisotopic (exact) mass is 287 g/mol. The van der Waals surface area contributed by atoms with E-state index in [0.717, 1.165) is 0 Å². The van der Waals surface area contributed by atoms with Crippen LogP contribution in [0.4, 0.5) is 5.69 Å². The van der Waals surface area contributed by atoms with Gasteiger partial charge in [0.25, 0.3) is 0 Å². The highest BCUT2D eigenvalue weighted by Crippen LogP contribution is 2.20. The van der Waals surface area contributed by atoms with Crippen molar-refractivity contribution in [3.05, 3.63) is 29.3 Å². The van der Waals surface area contributed by atoms with Gasteiger partial charge in [-0.15, -0.1) is 11.8 Å². The fourth-order valence-electron chi connectivity index (χ4n) is 1.15. The molecule has 0 saturated carbocycles. The molecule has 1 aromatic carbocycles. The number of nitrogens with one attached hydrogen (secondary N) is 1. The largest absolute Gasteiger partial charge is 0.468 e. The minimum Gasteiger partial charge on any atom is -0.468 e. The second-order valence-corrected chi connectivity index (χ2v) is 4.92. The van der Waals surface area contributed by atoms with Gasteiger partial charge in [-0.1, -0.05) is 23.7 Å². The number of methoxy groups -OCH3 is 1. The molecule has 0 aliphatic carbocycles. The standard InChI is InChI=1S/C12H14ClNO3S/c1-17-12(16)8-18-7-6-11(15)14-10-5-3-2-4-9(10)13/h2-5H,6-8H2,1H3,(H,14,15). The van der Waals surface area contributed by atoms with Crippen molar-refractivity contribution in [1.29, 1.82) is 0 Å². The molecule has 1 amide bonds. The summed E-state index contributed by atoms with van der Waals surface area (Å²) < 4.78 is 4.49. The molecule has 0 saturated heterocycles. The van der Waals surface area contributed by atoms with Gasteiger partial charge in [-0.3, -0.25) is 9.59 Å². The SMILES string of the molecule is COC(=O)CSCCC(=O)Nc1ccccc1Cl. The summed E-state index contributed by atoms with van der Waals surface area (Å²) in [5.74, 6) is 0.410. The van der Waals surface area contributed by atoms with Crippen LogP contribution in [0.3, 0.4) is 0 Å². The Kier molecular flexibility index (Phi) is 6.60. The number of hydrogen-bond donors (Lipinski definition) is 1. The van der Waals surface area contributed by atoms with E-state index in [-0.39, 0.29) is 17.6 Å². The smallest absolute Gasteiger partial charge is 0.315 e. The maximum atomic E-state index is 11.6. The number of benzene rings is 1. The Morgan fingerprint density at radius 3 is 2.78 bits per heavy atom. The van der Waals surface area contributed by atoms with Crippen LogP contribution in [0.5, 0.6) is 0 Å². The van der Waals surface area contributed by atoms with Gasteiger partial charge in [0.15, 0.2) is 0 Å². The van der Waals surface area contributed by atoms with Gasteiger partial charge in [0, 0.05) is 12.2 Å². The average molecular weight is 288 g/mol. The van der Waals surface area contributed by atoms with Gasteiger partial charge >= 0.3 is 5.97 Å². The predicted octanol–water partition coefficient (Wildman–Crippen LogP) is 2.57. The second-order valence-electron chi connectivity index (χ2n) is 3.41. The average Bonchev–Trinajstić information content (AvgIpc) is 2.37. The lowest BCUT2D eigenvalue weighted by molar-refractivity contribution is -0.137. The van der Waals surface area contributed by atoms with Crippen LogP contribution >= 0.6 is 23.4 Å². The third-order valence-electron chi connectivity index (χ3n) is 2.07. The van der Waals surface area contributed by atoms with Crippen molar-refractivity contribution >= 4 is 40.9 Å². The molecule has 98 valence electrons. The summed E-state index contributed by atoms with van der Waals surface area (Å²) in [6.45, 7) is 0. The summed E-state index contributed by atoms with van der Waals surface area (Å²) >= 11 is 7.27. The number of ether oxygens (including phenoxy) is 1. The Balaban J connectivity index is 2.26. The molecule has 0 aliphatic heterocycles. The third kappa shape index (κ3) is 5.42. The lowest BCUT2D eigenvalue weighted by Gasteiger charge is -2.06. The molecular formula is C12H14ClNO3S. The molecule has 0 atom stereocenters. The zero-order valence-electron chi connectivity index (χ0n) is 9.94. The van der Waals surface area contributed by atoms with Crippen molar-refractivity contribution < 1.29 is 14.3 Å². The molecule has 0 aliphatic rings. The van der Waals surface area contributed by atoms with Gasteiger partial charge < -0.3 is 10.1 Å².